The van der Waals surface area contributed by atoms with Crippen LogP contribution in [0.15, 0.2) is 48.5 Å². The molecule has 1 fully saturated rings. The fraction of sp³-hybridized carbons (Fsp3) is 0.333. The van der Waals surface area contributed by atoms with Crippen molar-refractivity contribution in [3.8, 4) is 11.3 Å². The number of carbonyl (C=O) groups is 1. The summed E-state index contributed by atoms with van der Waals surface area (Å²) in [5.74, 6) is 0.00642. The molecule has 2 aromatic carbocycles. The summed E-state index contributed by atoms with van der Waals surface area (Å²) in [5.41, 5.74) is 6.97. The molecule has 3 aromatic rings. The Kier molecular flexibility index (Phi) is 4.47. The number of benzene rings is 2. The zero-order valence-corrected chi connectivity index (χ0v) is 16.8. The molecule has 2 aliphatic rings. The molecule has 2 unspecified atom stereocenters. The summed E-state index contributed by atoms with van der Waals surface area (Å²) in [6.07, 6.45) is 2.16. The Morgan fingerprint density at radius 1 is 1.07 bits per heavy atom. The molecule has 5 nitrogen and oxygen atoms in total. The van der Waals surface area contributed by atoms with Gasteiger partial charge in [-0.25, -0.2) is 0 Å². The lowest BCUT2D eigenvalue weighted by Gasteiger charge is -2.28. The number of H-pyrrole nitrogens is 1. The van der Waals surface area contributed by atoms with Crippen molar-refractivity contribution in [1.29, 1.82) is 0 Å². The SMILES string of the molecule is Cc1ccc(-c2n[nH]c3c2C(c2ccc(C)cc2)N(CC2CCCO2)C3=O)cc1. The number of ether oxygens (including phenoxy) is 1. The summed E-state index contributed by atoms with van der Waals surface area (Å²) in [7, 11) is 0. The van der Waals surface area contributed by atoms with E-state index in [2.05, 4.69) is 72.6 Å². The van der Waals surface area contributed by atoms with E-state index in [1.165, 1.54) is 11.1 Å². The molecular formula is C24H25N3O2. The fourth-order valence-electron chi connectivity index (χ4n) is 4.42. The first kappa shape index (κ1) is 18.1. The van der Waals surface area contributed by atoms with Crippen molar-refractivity contribution >= 4 is 5.91 Å². The van der Waals surface area contributed by atoms with Gasteiger partial charge >= 0.3 is 0 Å². The van der Waals surface area contributed by atoms with Gasteiger partial charge in [0.2, 0.25) is 0 Å². The number of hydrogen-bond donors (Lipinski definition) is 1. The van der Waals surface area contributed by atoms with Gasteiger partial charge in [-0.05, 0) is 32.3 Å². The molecule has 3 heterocycles. The summed E-state index contributed by atoms with van der Waals surface area (Å²) in [5, 5.41) is 7.58. The first-order valence-electron chi connectivity index (χ1n) is 10.3. The van der Waals surface area contributed by atoms with Crippen molar-refractivity contribution in [3.05, 3.63) is 76.5 Å². The number of nitrogens with zero attached hydrogens (tertiary/aromatic N) is 2. The molecule has 1 amide bonds. The molecule has 0 bridgehead atoms. The van der Waals surface area contributed by atoms with Crippen molar-refractivity contribution in [3.63, 3.8) is 0 Å². The lowest BCUT2D eigenvalue weighted by molar-refractivity contribution is 0.0495. The van der Waals surface area contributed by atoms with E-state index in [1.54, 1.807) is 0 Å². The maximum absolute atomic E-state index is 13.3. The summed E-state index contributed by atoms with van der Waals surface area (Å²) in [6.45, 7) is 5.53. The van der Waals surface area contributed by atoms with E-state index in [0.29, 0.717) is 12.2 Å². The molecule has 2 aliphatic heterocycles. The van der Waals surface area contributed by atoms with Gasteiger partial charge < -0.3 is 9.64 Å². The number of aryl methyl sites for hydroxylation is 2. The minimum atomic E-state index is -0.155. The van der Waals surface area contributed by atoms with Gasteiger partial charge in [-0.1, -0.05) is 59.7 Å². The minimum Gasteiger partial charge on any atom is -0.376 e. The van der Waals surface area contributed by atoms with Crippen LogP contribution in [0.5, 0.6) is 0 Å². The molecule has 1 saturated heterocycles. The average molecular weight is 387 g/mol. The summed E-state index contributed by atoms with van der Waals surface area (Å²) < 4.78 is 5.85. The van der Waals surface area contributed by atoms with Crippen molar-refractivity contribution in [2.24, 2.45) is 0 Å². The van der Waals surface area contributed by atoms with E-state index in [-0.39, 0.29) is 18.1 Å². The molecule has 2 atom stereocenters. The molecule has 5 heteroatoms. The maximum atomic E-state index is 13.3. The van der Waals surface area contributed by atoms with Crippen LogP contribution in [-0.4, -0.2) is 40.3 Å². The number of hydrogen-bond acceptors (Lipinski definition) is 3. The van der Waals surface area contributed by atoms with Gasteiger partial charge in [0.25, 0.3) is 5.91 Å². The first-order chi connectivity index (χ1) is 14.1. The van der Waals surface area contributed by atoms with Crippen LogP contribution in [0, 0.1) is 13.8 Å². The van der Waals surface area contributed by atoms with Crippen molar-refractivity contribution in [1.82, 2.24) is 15.1 Å². The number of fused-ring (bicyclic) bond motifs is 1. The Morgan fingerprint density at radius 2 is 1.76 bits per heavy atom. The Balaban J connectivity index is 1.61. The van der Waals surface area contributed by atoms with Crippen LogP contribution in [0.2, 0.25) is 0 Å². The third-order valence-electron chi connectivity index (χ3n) is 6.01. The second kappa shape index (κ2) is 7.16. The van der Waals surface area contributed by atoms with Gasteiger partial charge in [0, 0.05) is 24.3 Å². The highest BCUT2D eigenvalue weighted by Gasteiger charge is 2.43. The van der Waals surface area contributed by atoms with Crippen molar-refractivity contribution < 1.29 is 9.53 Å². The van der Waals surface area contributed by atoms with Gasteiger partial charge in [0.05, 0.1) is 17.8 Å². The highest BCUT2D eigenvalue weighted by Crippen LogP contribution is 2.43. The molecule has 0 spiro atoms. The lowest BCUT2D eigenvalue weighted by Crippen LogP contribution is -2.36. The second-order valence-corrected chi connectivity index (χ2v) is 8.13. The monoisotopic (exact) mass is 387 g/mol. The topological polar surface area (TPSA) is 58.2 Å². The Morgan fingerprint density at radius 3 is 2.41 bits per heavy atom. The number of aromatic nitrogens is 2. The van der Waals surface area contributed by atoms with Crippen LogP contribution >= 0.6 is 0 Å². The largest absolute Gasteiger partial charge is 0.376 e. The zero-order chi connectivity index (χ0) is 20.0. The Bertz CT molecular complexity index is 1030. The highest BCUT2D eigenvalue weighted by atomic mass is 16.5. The fourth-order valence-corrected chi connectivity index (χ4v) is 4.42. The molecule has 0 aliphatic carbocycles. The maximum Gasteiger partial charge on any atom is 0.273 e. The van der Waals surface area contributed by atoms with Gasteiger partial charge in [-0.2, -0.15) is 5.10 Å². The second-order valence-electron chi connectivity index (χ2n) is 8.13. The molecule has 29 heavy (non-hydrogen) atoms. The molecule has 148 valence electrons. The quantitative estimate of drug-likeness (QED) is 0.721. The summed E-state index contributed by atoms with van der Waals surface area (Å²) in [4.78, 5) is 15.3. The number of aromatic amines is 1. The number of carbonyl (C=O) groups excluding carboxylic acids is 1. The normalized spacial score (nSPS) is 21.0. The number of rotatable bonds is 4. The van der Waals surface area contributed by atoms with Gasteiger partial charge in [0.1, 0.15) is 5.69 Å². The van der Waals surface area contributed by atoms with Crippen LogP contribution in [-0.2, 0) is 4.74 Å². The van der Waals surface area contributed by atoms with Gasteiger partial charge in [-0.3, -0.25) is 9.89 Å². The lowest BCUT2D eigenvalue weighted by atomic mass is 9.95. The van der Waals surface area contributed by atoms with Gasteiger partial charge in [0.15, 0.2) is 0 Å². The highest BCUT2D eigenvalue weighted by molar-refractivity contribution is 6.00. The van der Waals surface area contributed by atoms with E-state index in [4.69, 9.17) is 4.74 Å². The van der Waals surface area contributed by atoms with E-state index in [0.717, 1.165) is 41.8 Å². The molecule has 1 N–H and O–H groups in total. The molecule has 1 aromatic heterocycles. The van der Waals surface area contributed by atoms with Crippen molar-refractivity contribution in [2.75, 3.05) is 13.2 Å². The molecule has 5 rings (SSSR count). The summed E-state index contributed by atoms with van der Waals surface area (Å²) in [6, 6.07) is 16.6. The van der Waals surface area contributed by atoms with Crippen LogP contribution < -0.4 is 0 Å². The van der Waals surface area contributed by atoms with Crippen LogP contribution in [0.4, 0.5) is 0 Å². The average Bonchev–Trinajstić information content (AvgIpc) is 3.44. The first-order valence-corrected chi connectivity index (χ1v) is 10.3. The van der Waals surface area contributed by atoms with E-state index in [1.807, 2.05) is 4.90 Å². The Hall–Kier alpha value is -2.92. The number of nitrogens with one attached hydrogen (secondary N) is 1. The molecular weight excluding hydrogens is 362 g/mol. The third kappa shape index (κ3) is 3.15. The van der Waals surface area contributed by atoms with E-state index < -0.39 is 0 Å². The minimum absolute atomic E-state index is 0.00642. The van der Waals surface area contributed by atoms with E-state index in [9.17, 15) is 4.79 Å². The van der Waals surface area contributed by atoms with Crippen LogP contribution in [0.25, 0.3) is 11.3 Å². The Labute approximate surface area is 170 Å². The predicted molar refractivity (Wildman–Crippen MR) is 112 cm³/mol. The third-order valence-corrected chi connectivity index (χ3v) is 6.01. The summed E-state index contributed by atoms with van der Waals surface area (Å²) >= 11 is 0. The predicted octanol–water partition coefficient (Wildman–Crippen LogP) is 4.42. The van der Waals surface area contributed by atoms with Crippen molar-refractivity contribution in [2.45, 2.75) is 38.8 Å². The van der Waals surface area contributed by atoms with Gasteiger partial charge in [-0.15, -0.1) is 0 Å². The smallest absolute Gasteiger partial charge is 0.273 e. The standard InChI is InChI=1S/C24H25N3O2/c1-15-5-9-17(10-6-15)21-20-22(26-25-21)24(28)27(14-19-4-3-13-29-19)23(20)18-11-7-16(2)8-12-18/h5-12,19,23H,3-4,13-14H2,1-2H3,(H,25,26). The van der Waals surface area contributed by atoms with Crippen LogP contribution in [0.3, 0.4) is 0 Å². The van der Waals surface area contributed by atoms with E-state index >= 15 is 0 Å². The zero-order valence-electron chi connectivity index (χ0n) is 16.8. The van der Waals surface area contributed by atoms with Crippen LogP contribution in [0.1, 0.15) is 51.6 Å². The number of amides is 1. The molecule has 0 saturated carbocycles. The molecule has 0 radical (unpaired) electrons.